The summed E-state index contributed by atoms with van der Waals surface area (Å²) in [7, 11) is 0. The van der Waals surface area contributed by atoms with Crippen molar-refractivity contribution < 1.29 is 24.2 Å². The van der Waals surface area contributed by atoms with Crippen LogP contribution in [0.15, 0.2) is 47.1 Å². The monoisotopic (exact) mass is 414 g/mol. The van der Waals surface area contributed by atoms with Crippen LogP contribution in [-0.4, -0.2) is 34.4 Å². The molecule has 3 aliphatic rings. The van der Waals surface area contributed by atoms with Gasteiger partial charge in [-0.05, 0) is 82.6 Å². The Kier molecular flexibility index (Phi) is 6.00. The fourth-order valence-electron chi connectivity index (χ4n) is 5.00. The number of hydrogen-bond acceptors (Lipinski definition) is 5. The Bertz CT molecular complexity index is 857. The molecule has 1 N–H and O–H groups in total. The molecule has 164 valence electrons. The van der Waals surface area contributed by atoms with Crippen LogP contribution in [0.5, 0.6) is 0 Å². The van der Waals surface area contributed by atoms with E-state index in [1.807, 2.05) is 40.7 Å². The van der Waals surface area contributed by atoms with Crippen LogP contribution >= 0.6 is 0 Å². The summed E-state index contributed by atoms with van der Waals surface area (Å²) >= 11 is 0. The summed E-state index contributed by atoms with van der Waals surface area (Å²) in [6.07, 6.45) is 8.36. The van der Waals surface area contributed by atoms with E-state index in [-0.39, 0.29) is 29.5 Å². The van der Waals surface area contributed by atoms with Crippen LogP contribution in [0.3, 0.4) is 0 Å². The molecule has 2 aliphatic heterocycles. The van der Waals surface area contributed by atoms with Crippen LogP contribution in [-0.2, 0) is 19.1 Å². The number of aliphatic hydroxyl groups is 1. The van der Waals surface area contributed by atoms with Gasteiger partial charge in [-0.1, -0.05) is 31.1 Å². The van der Waals surface area contributed by atoms with Crippen molar-refractivity contribution in [1.29, 1.82) is 0 Å². The Morgan fingerprint density at radius 3 is 2.57 bits per heavy atom. The van der Waals surface area contributed by atoms with Crippen molar-refractivity contribution in [3.8, 4) is 0 Å². The average Bonchev–Trinajstić information content (AvgIpc) is 2.96. The molecule has 1 aliphatic carbocycles. The molecule has 0 saturated heterocycles. The van der Waals surface area contributed by atoms with Crippen molar-refractivity contribution in [2.45, 2.75) is 72.4 Å². The highest BCUT2D eigenvalue weighted by Gasteiger charge is 2.53. The zero-order valence-electron chi connectivity index (χ0n) is 19.1. The molecule has 0 aromatic carbocycles. The van der Waals surface area contributed by atoms with Crippen LogP contribution in [0.1, 0.15) is 54.9 Å². The van der Waals surface area contributed by atoms with Gasteiger partial charge in [0.2, 0.25) is 0 Å². The predicted octanol–water partition coefficient (Wildman–Crippen LogP) is 4.28. The molecular weight excluding hydrogens is 380 g/mol. The molecule has 0 saturated carbocycles. The second-order valence-corrected chi connectivity index (χ2v) is 9.78. The molecule has 0 aromatic rings. The Hall–Kier alpha value is -1.98. The number of aliphatic hydroxyl groups excluding tert-OH is 1. The number of carbonyl (C=O) groups is 2. The molecule has 0 aromatic heterocycles. The third-order valence-electron chi connectivity index (χ3n) is 6.68. The number of ketones is 1. The van der Waals surface area contributed by atoms with Gasteiger partial charge in [0.25, 0.3) is 5.79 Å². The minimum Gasteiger partial charge on any atom is -0.422 e. The van der Waals surface area contributed by atoms with E-state index in [0.29, 0.717) is 6.42 Å². The number of esters is 1. The van der Waals surface area contributed by atoms with E-state index in [0.717, 1.165) is 16.7 Å². The minimum atomic E-state index is -1.40. The third kappa shape index (κ3) is 3.97. The summed E-state index contributed by atoms with van der Waals surface area (Å²) in [5, 5.41) is 11.1. The molecule has 6 atom stereocenters. The number of fused-ring (bicyclic) bond motifs is 3. The molecule has 2 bridgehead atoms. The molecule has 30 heavy (non-hydrogen) atoms. The summed E-state index contributed by atoms with van der Waals surface area (Å²) in [6.45, 7) is 13.4. The lowest BCUT2D eigenvalue weighted by Crippen LogP contribution is -2.46. The Labute approximate surface area is 179 Å². The molecule has 0 radical (unpaired) electrons. The number of hydrogen-bond donors (Lipinski definition) is 1. The molecule has 0 fully saturated rings. The summed E-state index contributed by atoms with van der Waals surface area (Å²) in [4.78, 5) is 25.4. The van der Waals surface area contributed by atoms with Gasteiger partial charge < -0.3 is 14.6 Å². The van der Waals surface area contributed by atoms with Gasteiger partial charge in [-0.25, -0.2) is 4.79 Å². The summed E-state index contributed by atoms with van der Waals surface area (Å²) in [5.74, 6) is -1.92. The lowest BCUT2D eigenvalue weighted by atomic mass is 9.65. The van der Waals surface area contributed by atoms with E-state index < -0.39 is 23.5 Å². The first-order valence-corrected chi connectivity index (χ1v) is 10.8. The van der Waals surface area contributed by atoms with Crippen molar-refractivity contribution >= 4 is 11.8 Å². The maximum absolute atomic E-state index is 12.9. The zero-order valence-corrected chi connectivity index (χ0v) is 19.1. The molecule has 0 spiro atoms. The van der Waals surface area contributed by atoms with Gasteiger partial charge in [-0.3, -0.25) is 4.79 Å². The van der Waals surface area contributed by atoms with E-state index in [1.165, 1.54) is 6.08 Å². The van der Waals surface area contributed by atoms with Crippen molar-refractivity contribution in [3.63, 3.8) is 0 Å². The standard InChI is InChI=1S/C25H34O5/c1-14(2)10-22(28)29-25-9-8-24(7,30-25)21(27)13-18-16(5)11-20(26)23(15(3)4)19(18)12-17(25)6/h8-12,15,18-19,21,23,27H,13H2,1-7H3. The number of ether oxygens (including phenoxy) is 2. The van der Waals surface area contributed by atoms with Gasteiger partial charge in [0.05, 0.1) is 6.10 Å². The topological polar surface area (TPSA) is 72.8 Å². The predicted molar refractivity (Wildman–Crippen MR) is 115 cm³/mol. The molecule has 2 heterocycles. The van der Waals surface area contributed by atoms with Crippen molar-refractivity contribution in [2.75, 3.05) is 0 Å². The molecular formula is C25H34O5. The summed E-state index contributed by atoms with van der Waals surface area (Å²) in [5.41, 5.74) is 1.52. The largest absolute Gasteiger partial charge is 0.422 e. The fourth-order valence-corrected chi connectivity index (χ4v) is 5.00. The lowest BCUT2D eigenvalue weighted by molar-refractivity contribution is -0.225. The van der Waals surface area contributed by atoms with E-state index in [4.69, 9.17) is 9.47 Å². The second-order valence-electron chi connectivity index (χ2n) is 9.78. The fraction of sp³-hybridized carbons (Fsp3) is 0.600. The highest BCUT2D eigenvalue weighted by atomic mass is 16.7. The normalized spacial score (nSPS) is 38.1. The molecule has 5 heteroatoms. The van der Waals surface area contributed by atoms with Crippen molar-refractivity contribution in [3.05, 3.63) is 47.1 Å². The third-order valence-corrected chi connectivity index (χ3v) is 6.68. The highest BCUT2D eigenvalue weighted by molar-refractivity contribution is 5.94. The smallest absolute Gasteiger partial charge is 0.333 e. The maximum Gasteiger partial charge on any atom is 0.333 e. The van der Waals surface area contributed by atoms with Crippen LogP contribution in [0.25, 0.3) is 0 Å². The van der Waals surface area contributed by atoms with E-state index in [2.05, 4.69) is 13.8 Å². The zero-order chi connectivity index (χ0) is 22.4. The first kappa shape index (κ1) is 22.7. The van der Waals surface area contributed by atoms with E-state index in [1.54, 1.807) is 18.2 Å². The van der Waals surface area contributed by atoms with E-state index >= 15 is 0 Å². The summed E-state index contributed by atoms with van der Waals surface area (Å²) < 4.78 is 12.1. The van der Waals surface area contributed by atoms with Crippen molar-refractivity contribution in [2.24, 2.45) is 23.7 Å². The molecule has 5 nitrogen and oxygen atoms in total. The van der Waals surface area contributed by atoms with Gasteiger partial charge in [0.1, 0.15) is 5.60 Å². The second kappa shape index (κ2) is 7.93. The van der Waals surface area contributed by atoms with Crippen molar-refractivity contribution in [1.82, 2.24) is 0 Å². The van der Waals surface area contributed by atoms with Gasteiger partial charge in [-0.2, -0.15) is 0 Å². The van der Waals surface area contributed by atoms with Crippen LogP contribution < -0.4 is 0 Å². The van der Waals surface area contributed by atoms with E-state index in [9.17, 15) is 14.7 Å². The first-order valence-electron chi connectivity index (χ1n) is 10.8. The number of rotatable bonds is 3. The first-order chi connectivity index (χ1) is 13.9. The summed E-state index contributed by atoms with van der Waals surface area (Å²) in [6, 6.07) is 0. The van der Waals surface area contributed by atoms with Crippen LogP contribution in [0.4, 0.5) is 0 Å². The molecule has 0 amide bonds. The minimum absolute atomic E-state index is 0.0127. The van der Waals surface area contributed by atoms with Gasteiger partial charge in [-0.15, -0.1) is 0 Å². The van der Waals surface area contributed by atoms with Gasteiger partial charge in [0.15, 0.2) is 5.78 Å². The average molecular weight is 415 g/mol. The van der Waals surface area contributed by atoms with Crippen LogP contribution in [0, 0.1) is 23.7 Å². The lowest BCUT2D eigenvalue weighted by Gasteiger charge is -2.39. The highest BCUT2D eigenvalue weighted by Crippen LogP contribution is 2.48. The molecule has 6 unspecified atom stereocenters. The Morgan fingerprint density at radius 2 is 1.97 bits per heavy atom. The Balaban J connectivity index is 2.13. The SMILES string of the molecule is CC(C)=CC(=O)OC12C=CC(C)(O1)C(O)CC1C(C)=CC(=O)C(C(C)C)C1C=C2C. The maximum atomic E-state index is 12.9. The Morgan fingerprint density at radius 1 is 1.30 bits per heavy atom. The van der Waals surface area contributed by atoms with Crippen LogP contribution in [0.2, 0.25) is 0 Å². The van der Waals surface area contributed by atoms with Gasteiger partial charge in [0, 0.05) is 12.0 Å². The molecule has 3 rings (SSSR count). The number of carbonyl (C=O) groups excluding carboxylic acids is 2. The quantitative estimate of drug-likeness (QED) is 0.424. The number of allylic oxidation sites excluding steroid dienone is 4. The van der Waals surface area contributed by atoms with Gasteiger partial charge >= 0.3 is 5.97 Å².